The predicted molar refractivity (Wildman–Crippen MR) is 125 cm³/mol. The maximum atomic E-state index is 12.7. The van der Waals surface area contributed by atoms with E-state index in [1.807, 2.05) is 26.0 Å². The summed E-state index contributed by atoms with van der Waals surface area (Å²) >= 11 is 1.49. The number of carbonyl (C=O) groups is 3. The maximum Gasteiger partial charge on any atom is 0.339 e. The molecule has 170 valence electrons. The van der Waals surface area contributed by atoms with Gasteiger partial charge in [-0.1, -0.05) is 17.3 Å². The van der Waals surface area contributed by atoms with Gasteiger partial charge in [0.05, 0.1) is 11.3 Å². The van der Waals surface area contributed by atoms with Crippen molar-refractivity contribution in [2.75, 3.05) is 18.1 Å². The smallest absolute Gasteiger partial charge is 0.339 e. The van der Waals surface area contributed by atoms with Crippen LogP contribution in [0.1, 0.15) is 50.6 Å². The van der Waals surface area contributed by atoms with Crippen LogP contribution in [0.3, 0.4) is 0 Å². The van der Waals surface area contributed by atoms with Gasteiger partial charge in [-0.15, -0.1) is 11.8 Å². The third-order valence-electron chi connectivity index (χ3n) is 5.57. The minimum atomic E-state index is -0.551. The SMILES string of the molecule is Cc1noc(C)c1CSc1ccccc1C(=O)OCC(=O)c1ccc(N2CCCC2=O)cc1. The Kier molecular flexibility index (Phi) is 6.93. The molecule has 8 heteroatoms. The van der Waals surface area contributed by atoms with E-state index < -0.39 is 5.97 Å². The molecule has 0 unspecified atom stereocenters. The second kappa shape index (κ2) is 10.0. The summed E-state index contributed by atoms with van der Waals surface area (Å²) in [5.74, 6) is 0.601. The van der Waals surface area contributed by atoms with Crippen molar-refractivity contribution >= 4 is 35.1 Å². The number of benzene rings is 2. The number of rotatable bonds is 8. The van der Waals surface area contributed by atoms with Crippen molar-refractivity contribution in [2.45, 2.75) is 37.3 Å². The van der Waals surface area contributed by atoms with Crippen LogP contribution < -0.4 is 4.90 Å². The summed E-state index contributed by atoms with van der Waals surface area (Å²) in [5.41, 5.74) is 3.43. The highest BCUT2D eigenvalue weighted by atomic mass is 32.2. The van der Waals surface area contributed by atoms with Crippen LogP contribution in [0, 0.1) is 13.8 Å². The number of esters is 1. The van der Waals surface area contributed by atoms with Crippen LogP contribution in [0.2, 0.25) is 0 Å². The van der Waals surface area contributed by atoms with E-state index in [1.165, 1.54) is 11.8 Å². The van der Waals surface area contributed by atoms with Crippen LogP contribution in [0.4, 0.5) is 5.69 Å². The van der Waals surface area contributed by atoms with Crippen LogP contribution in [-0.2, 0) is 15.3 Å². The summed E-state index contributed by atoms with van der Waals surface area (Å²) in [6, 6.07) is 14.0. The van der Waals surface area contributed by atoms with Gasteiger partial charge >= 0.3 is 5.97 Å². The van der Waals surface area contributed by atoms with E-state index >= 15 is 0 Å². The minimum Gasteiger partial charge on any atom is -0.454 e. The molecule has 1 saturated heterocycles. The summed E-state index contributed by atoms with van der Waals surface area (Å²) in [6.45, 7) is 4.08. The Hall–Kier alpha value is -3.39. The number of carbonyl (C=O) groups excluding carboxylic acids is 3. The van der Waals surface area contributed by atoms with E-state index in [0.29, 0.717) is 29.8 Å². The number of hydrogen-bond donors (Lipinski definition) is 0. The first-order valence-corrected chi connectivity index (χ1v) is 11.7. The van der Waals surface area contributed by atoms with Crippen LogP contribution in [0.15, 0.2) is 57.9 Å². The lowest BCUT2D eigenvalue weighted by Crippen LogP contribution is -2.23. The Morgan fingerprint density at radius 3 is 2.55 bits per heavy atom. The minimum absolute atomic E-state index is 0.0916. The molecule has 1 aliphatic rings. The molecular formula is C25H24N2O5S. The number of anilines is 1. The van der Waals surface area contributed by atoms with Gasteiger partial charge < -0.3 is 14.2 Å². The van der Waals surface area contributed by atoms with Crippen molar-refractivity contribution in [2.24, 2.45) is 0 Å². The highest BCUT2D eigenvalue weighted by Gasteiger charge is 2.22. The largest absolute Gasteiger partial charge is 0.454 e. The predicted octanol–water partition coefficient (Wildman–Crippen LogP) is 4.75. The molecule has 0 N–H and O–H groups in total. The number of ketones is 1. The van der Waals surface area contributed by atoms with Gasteiger partial charge in [0.2, 0.25) is 5.91 Å². The van der Waals surface area contributed by atoms with E-state index in [0.717, 1.165) is 34.0 Å². The van der Waals surface area contributed by atoms with Crippen molar-refractivity contribution in [3.63, 3.8) is 0 Å². The molecule has 0 aliphatic carbocycles. The van der Waals surface area contributed by atoms with Gasteiger partial charge in [0.15, 0.2) is 12.4 Å². The fourth-order valence-electron chi connectivity index (χ4n) is 3.66. The zero-order chi connectivity index (χ0) is 23.4. The molecule has 1 aliphatic heterocycles. The normalized spacial score (nSPS) is 13.4. The number of hydrogen-bond acceptors (Lipinski definition) is 7. The number of ether oxygens (including phenoxy) is 1. The third kappa shape index (κ3) is 5.17. The summed E-state index contributed by atoms with van der Waals surface area (Å²) in [5, 5.41) is 3.96. The molecule has 0 bridgehead atoms. The highest BCUT2D eigenvalue weighted by Crippen LogP contribution is 2.29. The van der Waals surface area contributed by atoms with Crippen LogP contribution in [-0.4, -0.2) is 36.0 Å². The van der Waals surface area contributed by atoms with Crippen molar-refractivity contribution < 1.29 is 23.6 Å². The molecule has 4 rings (SSSR count). The van der Waals surface area contributed by atoms with Gasteiger partial charge in [-0.05, 0) is 56.7 Å². The van der Waals surface area contributed by atoms with Crippen molar-refractivity contribution in [1.82, 2.24) is 5.16 Å². The number of aryl methyl sites for hydroxylation is 2. The average Bonchev–Trinajstić information content (AvgIpc) is 3.40. The number of nitrogens with zero attached hydrogens (tertiary/aromatic N) is 2. The Morgan fingerprint density at radius 1 is 1.12 bits per heavy atom. The quantitative estimate of drug-likeness (QED) is 0.270. The molecule has 1 aromatic heterocycles. The zero-order valence-electron chi connectivity index (χ0n) is 18.5. The highest BCUT2D eigenvalue weighted by molar-refractivity contribution is 7.98. The fraction of sp³-hybridized carbons (Fsp3) is 0.280. The summed E-state index contributed by atoms with van der Waals surface area (Å²) in [7, 11) is 0. The van der Waals surface area contributed by atoms with Gasteiger partial charge in [-0.3, -0.25) is 9.59 Å². The van der Waals surface area contributed by atoms with Crippen molar-refractivity contribution in [3.05, 3.63) is 76.7 Å². The van der Waals surface area contributed by atoms with Gasteiger partial charge in [0, 0.05) is 40.4 Å². The monoisotopic (exact) mass is 464 g/mol. The first-order chi connectivity index (χ1) is 15.9. The fourth-order valence-corrected chi connectivity index (χ4v) is 4.85. The van der Waals surface area contributed by atoms with E-state index in [9.17, 15) is 14.4 Å². The Morgan fingerprint density at radius 2 is 1.88 bits per heavy atom. The van der Waals surface area contributed by atoms with E-state index in [2.05, 4.69) is 5.16 Å². The molecule has 0 saturated carbocycles. The van der Waals surface area contributed by atoms with E-state index in [1.54, 1.807) is 41.3 Å². The number of thioether (sulfide) groups is 1. The molecule has 0 spiro atoms. The molecule has 2 aromatic carbocycles. The van der Waals surface area contributed by atoms with E-state index in [4.69, 9.17) is 9.26 Å². The van der Waals surface area contributed by atoms with Gasteiger partial charge in [0.1, 0.15) is 5.76 Å². The Bertz CT molecular complexity index is 1170. The average molecular weight is 465 g/mol. The van der Waals surface area contributed by atoms with Crippen LogP contribution in [0.25, 0.3) is 0 Å². The second-order valence-electron chi connectivity index (χ2n) is 7.78. The Labute approximate surface area is 196 Å². The van der Waals surface area contributed by atoms with Crippen molar-refractivity contribution in [1.29, 1.82) is 0 Å². The van der Waals surface area contributed by atoms with Crippen LogP contribution >= 0.6 is 11.8 Å². The lowest BCUT2D eigenvalue weighted by molar-refractivity contribution is -0.117. The molecule has 0 atom stereocenters. The first kappa shape index (κ1) is 22.8. The van der Waals surface area contributed by atoms with Gasteiger partial charge in [-0.25, -0.2) is 4.79 Å². The summed E-state index contributed by atoms with van der Waals surface area (Å²) < 4.78 is 10.5. The van der Waals surface area contributed by atoms with Gasteiger partial charge in [-0.2, -0.15) is 0 Å². The number of aromatic nitrogens is 1. The maximum absolute atomic E-state index is 12.7. The number of Topliss-reactive ketones (excluding diaryl/α,β-unsaturated/α-hetero) is 1. The Balaban J connectivity index is 1.37. The van der Waals surface area contributed by atoms with Gasteiger partial charge in [0.25, 0.3) is 0 Å². The molecule has 0 radical (unpaired) electrons. The molecule has 33 heavy (non-hydrogen) atoms. The molecule has 1 amide bonds. The molecular weight excluding hydrogens is 440 g/mol. The lowest BCUT2D eigenvalue weighted by Gasteiger charge is -2.15. The third-order valence-corrected chi connectivity index (χ3v) is 6.67. The molecule has 2 heterocycles. The first-order valence-electron chi connectivity index (χ1n) is 10.7. The second-order valence-corrected chi connectivity index (χ2v) is 8.80. The molecule has 7 nitrogen and oxygen atoms in total. The van der Waals surface area contributed by atoms with Crippen molar-refractivity contribution in [3.8, 4) is 0 Å². The topological polar surface area (TPSA) is 89.7 Å². The molecule has 1 fully saturated rings. The van der Waals surface area contributed by atoms with E-state index in [-0.39, 0.29) is 18.3 Å². The summed E-state index contributed by atoms with van der Waals surface area (Å²) in [6.07, 6.45) is 1.39. The zero-order valence-corrected chi connectivity index (χ0v) is 19.3. The standard InChI is InChI=1S/C25H24N2O5S/c1-16-21(17(2)32-26-16)15-33-23-7-4-3-6-20(23)25(30)31-14-22(28)18-9-11-19(12-10-18)27-13-5-8-24(27)29/h3-4,6-7,9-12H,5,8,13-15H2,1-2H3. The molecule has 3 aromatic rings. The number of amides is 1. The summed E-state index contributed by atoms with van der Waals surface area (Å²) in [4.78, 5) is 39.6. The van der Waals surface area contributed by atoms with Crippen LogP contribution in [0.5, 0.6) is 0 Å². The lowest BCUT2D eigenvalue weighted by atomic mass is 10.1.